The second kappa shape index (κ2) is 9.56. The molecule has 4 rings (SSSR count). The molecule has 3 N–H and O–H groups in total. The molecule has 1 aliphatic heterocycles. The molecule has 0 radical (unpaired) electrons. The highest BCUT2D eigenvalue weighted by atomic mass is 16.5. The summed E-state index contributed by atoms with van der Waals surface area (Å²) >= 11 is 0. The fraction of sp³-hybridized carbons (Fsp3) is 0.385. The van der Waals surface area contributed by atoms with Crippen LogP contribution in [0.2, 0.25) is 0 Å². The second-order valence-corrected chi connectivity index (χ2v) is 8.80. The highest BCUT2D eigenvalue weighted by Gasteiger charge is 2.61. The van der Waals surface area contributed by atoms with Gasteiger partial charge in [0.05, 0.1) is 18.2 Å². The molecule has 2 amide bonds. The number of rotatable bonds is 8. The molecule has 1 aliphatic carbocycles. The van der Waals surface area contributed by atoms with Crippen molar-refractivity contribution >= 4 is 23.5 Å². The number of nitrogens with one attached hydrogen (secondary N) is 2. The van der Waals surface area contributed by atoms with E-state index in [1.807, 2.05) is 13.0 Å². The molecule has 0 aromatic heterocycles. The number of aryl methyl sites for hydroxylation is 1. The molecule has 1 fully saturated rings. The van der Waals surface area contributed by atoms with Gasteiger partial charge in [-0.05, 0) is 68.5 Å². The summed E-state index contributed by atoms with van der Waals surface area (Å²) in [5.41, 5.74) is 2.81. The van der Waals surface area contributed by atoms with Crippen molar-refractivity contribution < 1.29 is 24.2 Å². The van der Waals surface area contributed by atoms with Gasteiger partial charge in [-0.2, -0.15) is 5.26 Å². The molecule has 1 heterocycles. The van der Waals surface area contributed by atoms with Crippen molar-refractivity contribution in [1.82, 2.24) is 5.32 Å². The molecule has 2 atom stereocenters. The number of anilines is 1. The zero-order valence-corrected chi connectivity index (χ0v) is 19.0. The number of carboxylic acid groups (broad SMARTS) is 1. The van der Waals surface area contributed by atoms with Gasteiger partial charge in [-0.25, -0.2) is 0 Å². The molecule has 0 saturated heterocycles. The second-order valence-electron chi connectivity index (χ2n) is 8.80. The van der Waals surface area contributed by atoms with E-state index in [1.165, 1.54) is 0 Å². The molecular weight excluding hydrogens is 434 g/mol. The number of nitrogens with zero attached hydrogens (tertiary/aromatic N) is 1. The van der Waals surface area contributed by atoms with E-state index in [0.29, 0.717) is 61.4 Å². The number of fused-ring (bicyclic) bond motifs is 2. The molecule has 2 aliphatic rings. The Hall–Kier alpha value is -3.86. The van der Waals surface area contributed by atoms with Gasteiger partial charge in [-0.1, -0.05) is 6.07 Å². The van der Waals surface area contributed by atoms with Gasteiger partial charge < -0.3 is 20.5 Å². The van der Waals surface area contributed by atoms with Crippen LogP contribution in [0.15, 0.2) is 36.4 Å². The Bertz CT molecular complexity index is 1190. The van der Waals surface area contributed by atoms with Gasteiger partial charge in [0.1, 0.15) is 5.75 Å². The fourth-order valence-electron chi connectivity index (χ4n) is 4.78. The van der Waals surface area contributed by atoms with Crippen LogP contribution in [-0.2, 0) is 21.4 Å². The van der Waals surface area contributed by atoms with Crippen LogP contribution in [0.3, 0.4) is 0 Å². The van der Waals surface area contributed by atoms with Crippen LogP contribution in [0.25, 0.3) is 0 Å². The smallest absolute Gasteiger partial charge is 0.303 e. The Morgan fingerprint density at radius 2 is 2.06 bits per heavy atom. The number of carbonyl (C=O) groups excluding carboxylic acids is 2. The van der Waals surface area contributed by atoms with Gasteiger partial charge in [0.15, 0.2) is 0 Å². The summed E-state index contributed by atoms with van der Waals surface area (Å²) in [5, 5.41) is 24.0. The summed E-state index contributed by atoms with van der Waals surface area (Å²) < 4.78 is 5.81. The number of carboxylic acids is 1. The zero-order valence-electron chi connectivity index (χ0n) is 19.0. The van der Waals surface area contributed by atoms with Crippen molar-refractivity contribution in [2.75, 3.05) is 18.5 Å². The number of carbonyl (C=O) groups is 3. The van der Waals surface area contributed by atoms with E-state index in [0.717, 1.165) is 11.1 Å². The number of nitriles is 1. The maximum Gasteiger partial charge on any atom is 0.303 e. The average molecular weight is 462 g/mol. The molecule has 8 nitrogen and oxygen atoms in total. The molecule has 0 bridgehead atoms. The Kier molecular flexibility index (Phi) is 6.55. The minimum Gasteiger partial charge on any atom is -0.493 e. The number of aliphatic carboxylic acids is 1. The Morgan fingerprint density at radius 1 is 1.24 bits per heavy atom. The van der Waals surface area contributed by atoms with E-state index < -0.39 is 5.97 Å². The lowest BCUT2D eigenvalue weighted by Gasteiger charge is -2.27. The van der Waals surface area contributed by atoms with Gasteiger partial charge >= 0.3 is 5.97 Å². The highest BCUT2D eigenvalue weighted by molar-refractivity contribution is 5.98. The van der Waals surface area contributed by atoms with Gasteiger partial charge in [-0.15, -0.1) is 0 Å². The van der Waals surface area contributed by atoms with Crippen LogP contribution in [0.5, 0.6) is 5.75 Å². The van der Waals surface area contributed by atoms with Gasteiger partial charge in [0, 0.05) is 41.1 Å². The lowest BCUT2D eigenvalue weighted by atomic mass is 9.86. The molecule has 8 heteroatoms. The van der Waals surface area contributed by atoms with Crippen LogP contribution in [0, 0.1) is 17.2 Å². The first-order valence-electron chi connectivity index (χ1n) is 11.5. The van der Waals surface area contributed by atoms with E-state index in [4.69, 9.17) is 9.84 Å². The monoisotopic (exact) mass is 461 g/mol. The van der Waals surface area contributed by atoms with Crippen LogP contribution in [-0.4, -0.2) is 36.0 Å². The van der Waals surface area contributed by atoms with Crippen LogP contribution >= 0.6 is 0 Å². The first-order chi connectivity index (χ1) is 16.4. The van der Waals surface area contributed by atoms with E-state index in [1.54, 1.807) is 30.3 Å². The number of benzene rings is 2. The Balaban J connectivity index is 1.55. The predicted molar refractivity (Wildman–Crippen MR) is 125 cm³/mol. The first kappa shape index (κ1) is 23.3. The molecule has 1 saturated carbocycles. The summed E-state index contributed by atoms with van der Waals surface area (Å²) in [6, 6.07) is 12.5. The van der Waals surface area contributed by atoms with Crippen molar-refractivity contribution in [2.24, 2.45) is 5.92 Å². The van der Waals surface area contributed by atoms with Crippen molar-refractivity contribution in [2.45, 2.75) is 44.4 Å². The molecule has 2 aromatic rings. The third-order valence-corrected chi connectivity index (χ3v) is 6.65. The van der Waals surface area contributed by atoms with E-state index >= 15 is 0 Å². The largest absolute Gasteiger partial charge is 0.493 e. The maximum atomic E-state index is 13.3. The number of hydrogen-bond donors (Lipinski definition) is 3. The summed E-state index contributed by atoms with van der Waals surface area (Å²) in [7, 11) is 0. The van der Waals surface area contributed by atoms with Crippen molar-refractivity contribution in [3.8, 4) is 11.8 Å². The van der Waals surface area contributed by atoms with Gasteiger partial charge in [-0.3, -0.25) is 14.4 Å². The van der Waals surface area contributed by atoms with E-state index in [2.05, 4.69) is 16.7 Å². The van der Waals surface area contributed by atoms with Crippen LogP contribution in [0.4, 0.5) is 5.69 Å². The van der Waals surface area contributed by atoms with Crippen LogP contribution < -0.4 is 15.4 Å². The Morgan fingerprint density at radius 3 is 2.79 bits per heavy atom. The Labute approximate surface area is 197 Å². The number of hydrogen-bond acceptors (Lipinski definition) is 5. The average Bonchev–Trinajstić information content (AvgIpc) is 3.54. The summed E-state index contributed by atoms with van der Waals surface area (Å²) in [5.74, 6) is -0.755. The normalized spacial score (nSPS) is 19.9. The maximum absolute atomic E-state index is 13.3. The molecule has 2 aromatic carbocycles. The van der Waals surface area contributed by atoms with Crippen LogP contribution in [0.1, 0.15) is 59.7 Å². The minimum atomic E-state index is -0.871. The molecule has 34 heavy (non-hydrogen) atoms. The summed E-state index contributed by atoms with van der Waals surface area (Å²) in [6.45, 7) is 2.89. The minimum absolute atomic E-state index is 0.0316. The highest BCUT2D eigenvalue weighted by Crippen LogP contribution is 2.61. The standard InChI is InChI=1S/C26H27N3O5/c1-2-28-24(32)18-8-9-22-19(13-18)26(10-11-34-22)14-20(26)25(33)29-21-12-16(15-27)6-7-17(21)4-3-5-23(30)31/h6-9,12-13,20H,2-5,10-11,14H2,1H3,(H,28,32)(H,29,33)(H,30,31). The molecule has 176 valence electrons. The zero-order chi connectivity index (χ0) is 24.3. The van der Waals surface area contributed by atoms with E-state index in [-0.39, 0.29) is 29.6 Å². The van der Waals surface area contributed by atoms with Gasteiger partial charge in [0.2, 0.25) is 5.91 Å². The number of amides is 2. The summed E-state index contributed by atoms with van der Waals surface area (Å²) in [6.07, 6.45) is 2.28. The lowest BCUT2D eigenvalue weighted by Crippen LogP contribution is -2.28. The van der Waals surface area contributed by atoms with Crippen molar-refractivity contribution in [1.29, 1.82) is 5.26 Å². The third-order valence-electron chi connectivity index (χ3n) is 6.65. The topological polar surface area (TPSA) is 129 Å². The molecular formula is C26H27N3O5. The molecule has 2 unspecified atom stereocenters. The first-order valence-corrected chi connectivity index (χ1v) is 11.5. The van der Waals surface area contributed by atoms with E-state index in [9.17, 15) is 19.6 Å². The third kappa shape index (κ3) is 4.60. The predicted octanol–water partition coefficient (Wildman–Crippen LogP) is 3.39. The summed E-state index contributed by atoms with van der Waals surface area (Å²) in [4.78, 5) is 36.5. The van der Waals surface area contributed by atoms with Crippen molar-refractivity contribution in [3.63, 3.8) is 0 Å². The number of ether oxygens (including phenoxy) is 1. The molecule has 1 spiro atoms. The van der Waals surface area contributed by atoms with Crippen molar-refractivity contribution in [3.05, 3.63) is 58.7 Å². The lowest BCUT2D eigenvalue weighted by molar-refractivity contribution is -0.137. The fourth-order valence-corrected chi connectivity index (χ4v) is 4.78. The van der Waals surface area contributed by atoms with Gasteiger partial charge in [0.25, 0.3) is 5.91 Å². The SMILES string of the molecule is CCNC(=O)c1ccc2c(c1)C1(CCO2)CC1C(=O)Nc1cc(C#N)ccc1CCCC(=O)O. The quantitative estimate of drug-likeness (QED) is 0.553.